The Morgan fingerprint density at radius 3 is 2.82 bits per heavy atom. The van der Waals surface area contributed by atoms with Gasteiger partial charge in [0.2, 0.25) is 0 Å². The van der Waals surface area contributed by atoms with Crippen LogP contribution in [-0.4, -0.2) is 37.7 Å². The highest BCUT2D eigenvalue weighted by atomic mass is 16.5. The van der Waals surface area contributed by atoms with Crippen LogP contribution in [0, 0.1) is 11.3 Å². The summed E-state index contributed by atoms with van der Waals surface area (Å²) in [6, 6.07) is 10.1. The summed E-state index contributed by atoms with van der Waals surface area (Å²) in [5, 5.41) is 12.7. The van der Waals surface area contributed by atoms with Crippen molar-refractivity contribution >= 4 is 5.69 Å². The summed E-state index contributed by atoms with van der Waals surface area (Å²) in [5.74, 6) is 0.775. The van der Waals surface area contributed by atoms with Crippen LogP contribution in [0.5, 0.6) is 5.75 Å². The first-order valence-corrected chi connectivity index (χ1v) is 5.70. The highest BCUT2D eigenvalue weighted by Gasteiger charge is 2.37. The molecule has 1 fully saturated rings. The molecule has 0 spiro atoms. The Hall–Kier alpha value is -1.73. The Labute approximate surface area is 102 Å². The third kappa shape index (κ3) is 2.34. The van der Waals surface area contributed by atoms with Gasteiger partial charge in [-0.15, -0.1) is 0 Å². The zero-order valence-electron chi connectivity index (χ0n) is 10.2. The van der Waals surface area contributed by atoms with Crippen molar-refractivity contribution in [3.05, 3.63) is 24.3 Å². The van der Waals surface area contributed by atoms with Crippen LogP contribution in [0.4, 0.5) is 5.69 Å². The maximum Gasteiger partial charge on any atom is 0.141 e. The normalized spacial score (nSPS) is 24.3. The summed E-state index contributed by atoms with van der Waals surface area (Å²) in [5.41, 5.74) is 0.385. The van der Waals surface area contributed by atoms with Crippen molar-refractivity contribution in [3.8, 4) is 11.8 Å². The van der Waals surface area contributed by atoms with E-state index < -0.39 is 5.54 Å². The lowest BCUT2D eigenvalue weighted by Crippen LogP contribution is -2.39. The molecule has 1 heterocycles. The molecule has 90 valence electrons. The highest BCUT2D eigenvalue weighted by molar-refractivity contribution is 5.59. The summed E-state index contributed by atoms with van der Waals surface area (Å²) in [6.07, 6.45) is 0.831. The van der Waals surface area contributed by atoms with E-state index in [2.05, 4.69) is 16.3 Å². The van der Waals surface area contributed by atoms with E-state index >= 15 is 0 Å². The second kappa shape index (κ2) is 4.64. The molecule has 1 atom stereocenters. The predicted molar refractivity (Wildman–Crippen MR) is 67.1 cm³/mol. The fraction of sp³-hybridized carbons (Fsp3) is 0.462. The molecule has 0 aliphatic carbocycles. The van der Waals surface area contributed by atoms with Gasteiger partial charge >= 0.3 is 0 Å². The molecular formula is C13H17N3O. The van der Waals surface area contributed by atoms with E-state index in [0.29, 0.717) is 0 Å². The van der Waals surface area contributed by atoms with Crippen molar-refractivity contribution in [3.63, 3.8) is 0 Å². The van der Waals surface area contributed by atoms with Crippen LogP contribution >= 0.6 is 0 Å². The molecule has 1 N–H and O–H groups in total. The molecule has 1 aromatic rings. The maximum absolute atomic E-state index is 9.38. The summed E-state index contributed by atoms with van der Waals surface area (Å²) in [4.78, 5) is 2.16. The zero-order valence-corrected chi connectivity index (χ0v) is 10.2. The predicted octanol–water partition coefficient (Wildman–Crippen LogP) is 1.70. The number of para-hydroxylation sites is 2. The van der Waals surface area contributed by atoms with Crippen molar-refractivity contribution < 1.29 is 4.74 Å². The molecule has 1 saturated heterocycles. The Morgan fingerprint density at radius 2 is 2.24 bits per heavy atom. The van der Waals surface area contributed by atoms with Gasteiger partial charge in [0.05, 0.1) is 18.9 Å². The molecular weight excluding hydrogens is 214 g/mol. The van der Waals surface area contributed by atoms with Crippen LogP contribution in [0.3, 0.4) is 0 Å². The number of hydrogen-bond donors (Lipinski definition) is 1. The molecule has 1 aromatic carbocycles. The average Bonchev–Trinajstić information content (AvgIpc) is 2.72. The highest BCUT2D eigenvalue weighted by Crippen LogP contribution is 2.30. The number of anilines is 1. The minimum atomic E-state index is -0.497. The average molecular weight is 231 g/mol. The minimum absolute atomic E-state index is 0.497. The number of methoxy groups -OCH3 is 1. The second-order valence-electron chi connectivity index (χ2n) is 4.51. The second-order valence-corrected chi connectivity index (χ2v) is 4.51. The van der Waals surface area contributed by atoms with Crippen molar-refractivity contribution in [1.82, 2.24) is 4.90 Å². The number of likely N-dealkylation sites (tertiary alicyclic amines) is 1. The molecule has 1 unspecified atom stereocenters. The molecule has 0 bridgehead atoms. The van der Waals surface area contributed by atoms with Gasteiger partial charge in [-0.2, -0.15) is 5.26 Å². The van der Waals surface area contributed by atoms with Gasteiger partial charge in [0.1, 0.15) is 11.3 Å². The van der Waals surface area contributed by atoms with Crippen LogP contribution in [0.25, 0.3) is 0 Å². The first-order valence-electron chi connectivity index (χ1n) is 5.70. The van der Waals surface area contributed by atoms with Crippen molar-refractivity contribution in [2.24, 2.45) is 0 Å². The number of nitrogens with one attached hydrogen (secondary N) is 1. The van der Waals surface area contributed by atoms with Crippen LogP contribution in [0.1, 0.15) is 6.42 Å². The van der Waals surface area contributed by atoms with E-state index in [1.54, 1.807) is 7.11 Å². The summed E-state index contributed by atoms with van der Waals surface area (Å²) < 4.78 is 5.29. The van der Waals surface area contributed by atoms with E-state index in [0.717, 1.165) is 30.9 Å². The van der Waals surface area contributed by atoms with Gasteiger partial charge in [0.25, 0.3) is 0 Å². The van der Waals surface area contributed by atoms with Gasteiger partial charge < -0.3 is 15.0 Å². The Bertz CT molecular complexity index is 441. The monoisotopic (exact) mass is 231 g/mol. The van der Waals surface area contributed by atoms with Crippen molar-refractivity contribution in [2.45, 2.75) is 12.0 Å². The Morgan fingerprint density at radius 1 is 1.47 bits per heavy atom. The van der Waals surface area contributed by atoms with E-state index in [-0.39, 0.29) is 0 Å². The molecule has 1 aliphatic heterocycles. The topological polar surface area (TPSA) is 48.3 Å². The third-order valence-corrected chi connectivity index (χ3v) is 3.16. The molecule has 4 nitrogen and oxygen atoms in total. The Kier molecular flexibility index (Phi) is 3.21. The van der Waals surface area contributed by atoms with Gasteiger partial charge in [0.15, 0.2) is 0 Å². The number of rotatable bonds is 3. The smallest absolute Gasteiger partial charge is 0.141 e. The SMILES string of the molecule is COc1ccccc1NC1(C#N)CCN(C)C1. The molecule has 0 saturated carbocycles. The van der Waals surface area contributed by atoms with Crippen molar-refractivity contribution in [1.29, 1.82) is 5.26 Å². The largest absolute Gasteiger partial charge is 0.495 e. The molecule has 2 rings (SSSR count). The van der Waals surface area contributed by atoms with Gasteiger partial charge in [-0.05, 0) is 25.6 Å². The summed E-state index contributed by atoms with van der Waals surface area (Å²) in [6.45, 7) is 1.68. The number of nitriles is 1. The standard InChI is InChI=1S/C13H17N3O/c1-16-8-7-13(9-14,10-16)15-11-5-3-4-6-12(11)17-2/h3-6,15H,7-8,10H2,1-2H3. The van der Waals surface area contributed by atoms with Gasteiger partial charge in [-0.1, -0.05) is 12.1 Å². The first kappa shape index (κ1) is 11.7. The van der Waals surface area contributed by atoms with Crippen LogP contribution in [-0.2, 0) is 0 Å². The van der Waals surface area contributed by atoms with E-state index in [9.17, 15) is 5.26 Å². The molecule has 0 amide bonds. The van der Waals surface area contributed by atoms with Gasteiger partial charge in [-0.3, -0.25) is 0 Å². The van der Waals surface area contributed by atoms with E-state index in [4.69, 9.17) is 4.74 Å². The van der Waals surface area contributed by atoms with E-state index in [1.807, 2.05) is 31.3 Å². The molecule has 4 heteroatoms. The fourth-order valence-electron chi connectivity index (χ4n) is 2.23. The summed E-state index contributed by atoms with van der Waals surface area (Å²) >= 11 is 0. The van der Waals surface area contributed by atoms with Crippen LogP contribution in [0.2, 0.25) is 0 Å². The lowest BCUT2D eigenvalue weighted by Gasteiger charge is -2.24. The molecule has 1 aliphatic rings. The number of ether oxygens (including phenoxy) is 1. The Balaban J connectivity index is 2.22. The van der Waals surface area contributed by atoms with Gasteiger partial charge in [-0.25, -0.2) is 0 Å². The van der Waals surface area contributed by atoms with Crippen molar-refractivity contribution in [2.75, 3.05) is 32.6 Å². The molecule has 0 aromatic heterocycles. The quantitative estimate of drug-likeness (QED) is 0.860. The molecule has 17 heavy (non-hydrogen) atoms. The zero-order chi connectivity index (χ0) is 12.3. The third-order valence-electron chi connectivity index (χ3n) is 3.16. The number of benzene rings is 1. The van der Waals surface area contributed by atoms with Gasteiger partial charge in [0, 0.05) is 13.1 Å². The fourth-order valence-corrected chi connectivity index (χ4v) is 2.23. The lowest BCUT2D eigenvalue weighted by atomic mass is 10.00. The minimum Gasteiger partial charge on any atom is -0.495 e. The molecule has 0 radical (unpaired) electrons. The van der Waals surface area contributed by atoms with Crippen LogP contribution in [0.15, 0.2) is 24.3 Å². The number of likely N-dealkylation sites (N-methyl/N-ethyl adjacent to an activating group) is 1. The van der Waals surface area contributed by atoms with Crippen LogP contribution < -0.4 is 10.1 Å². The first-order chi connectivity index (χ1) is 8.19. The lowest BCUT2D eigenvalue weighted by molar-refractivity contribution is 0.400. The number of nitrogens with zero attached hydrogens (tertiary/aromatic N) is 2. The maximum atomic E-state index is 9.38. The van der Waals surface area contributed by atoms with E-state index in [1.165, 1.54) is 0 Å². The summed E-state index contributed by atoms with van der Waals surface area (Å²) in [7, 11) is 3.67. The number of hydrogen-bond acceptors (Lipinski definition) is 4.